The third kappa shape index (κ3) is 5.03. The molecule has 2 heterocycles. The van der Waals surface area contributed by atoms with Crippen LogP contribution in [0.2, 0.25) is 0 Å². The lowest BCUT2D eigenvalue weighted by molar-refractivity contribution is 0.0670. The van der Waals surface area contributed by atoms with Gasteiger partial charge in [-0.25, -0.2) is 4.98 Å². The van der Waals surface area contributed by atoms with Gasteiger partial charge in [-0.15, -0.1) is 0 Å². The Labute approximate surface area is 170 Å². The molecule has 29 heavy (non-hydrogen) atoms. The van der Waals surface area contributed by atoms with Crippen molar-refractivity contribution >= 4 is 5.91 Å². The molecule has 1 N–H and O–H groups in total. The zero-order valence-electron chi connectivity index (χ0n) is 16.3. The smallest absolute Gasteiger partial charge is 0.255 e. The van der Waals surface area contributed by atoms with Gasteiger partial charge in [0.1, 0.15) is 12.4 Å². The van der Waals surface area contributed by atoms with Gasteiger partial charge in [0.15, 0.2) is 0 Å². The number of hydrogen-bond acceptors (Lipinski definition) is 4. The highest BCUT2D eigenvalue weighted by Crippen LogP contribution is 2.21. The van der Waals surface area contributed by atoms with Gasteiger partial charge >= 0.3 is 0 Å². The molecule has 0 unspecified atom stereocenters. The molecule has 150 valence electrons. The van der Waals surface area contributed by atoms with Gasteiger partial charge in [0, 0.05) is 32.1 Å². The first kappa shape index (κ1) is 19.2. The number of imidazole rings is 1. The Balaban J connectivity index is 1.40. The molecule has 1 aliphatic heterocycles. The largest absolute Gasteiger partial charge is 0.490 e. The molecule has 0 bridgehead atoms. The van der Waals surface area contributed by atoms with Gasteiger partial charge in [-0.2, -0.15) is 0 Å². The molecule has 6 nitrogen and oxygen atoms in total. The molecule has 1 aromatic heterocycles. The van der Waals surface area contributed by atoms with Crippen LogP contribution < -0.4 is 10.1 Å². The lowest BCUT2D eigenvalue weighted by Crippen LogP contribution is -2.25. The standard InChI is InChI=1S/C23H25N3O3/c27-23(21-9-3-4-10-22(21)29-16-20-8-5-13-28-20)25-14-18-6-1-2-7-19(18)15-26-12-11-24-17-26/h1-4,6-7,9-12,17,20H,5,8,13-16H2,(H,25,27)/t20-/m1/s1. The minimum absolute atomic E-state index is 0.112. The number of para-hydroxylation sites is 1. The van der Waals surface area contributed by atoms with E-state index in [2.05, 4.69) is 16.4 Å². The average Bonchev–Trinajstić information content (AvgIpc) is 3.46. The highest BCUT2D eigenvalue weighted by atomic mass is 16.5. The van der Waals surface area contributed by atoms with Crippen molar-refractivity contribution in [2.75, 3.05) is 13.2 Å². The van der Waals surface area contributed by atoms with E-state index in [0.29, 0.717) is 31.0 Å². The number of nitrogens with one attached hydrogen (secondary N) is 1. The molecule has 3 aromatic rings. The number of benzene rings is 2. The fourth-order valence-electron chi connectivity index (χ4n) is 3.47. The summed E-state index contributed by atoms with van der Waals surface area (Å²) < 4.78 is 13.5. The van der Waals surface area contributed by atoms with Gasteiger partial charge < -0.3 is 19.4 Å². The number of hydrogen-bond donors (Lipinski definition) is 1. The summed E-state index contributed by atoms with van der Waals surface area (Å²) in [5, 5.41) is 3.03. The van der Waals surface area contributed by atoms with Crippen LogP contribution in [0.25, 0.3) is 0 Å². The van der Waals surface area contributed by atoms with Crippen molar-refractivity contribution in [3.05, 3.63) is 83.9 Å². The topological polar surface area (TPSA) is 65.4 Å². The number of rotatable bonds is 8. The molecule has 1 fully saturated rings. The predicted molar refractivity (Wildman–Crippen MR) is 110 cm³/mol. The molecule has 1 aliphatic rings. The van der Waals surface area contributed by atoms with Gasteiger partial charge in [0.2, 0.25) is 0 Å². The number of ether oxygens (including phenoxy) is 2. The van der Waals surface area contributed by atoms with Crippen molar-refractivity contribution < 1.29 is 14.3 Å². The zero-order chi connectivity index (χ0) is 19.9. The molecule has 0 radical (unpaired) electrons. The molecular weight excluding hydrogens is 366 g/mol. The van der Waals surface area contributed by atoms with Crippen LogP contribution in [-0.4, -0.2) is 34.8 Å². The van der Waals surface area contributed by atoms with Crippen LogP contribution >= 0.6 is 0 Å². The summed E-state index contributed by atoms with van der Waals surface area (Å²) in [6.07, 6.45) is 7.66. The maximum Gasteiger partial charge on any atom is 0.255 e. The molecule has 0 aliphatic carbocycles. The van der Waals surface area contributed by atoms with Crippen LogP contribution in [0.5, 0.6) is 5.75 Å². The lowest BCUT2D eigenvalue weighted by atomic mass is 10.1. The lowest BCUT2D eigenvalue weighted by Gasteiger charge is -2.15. The van der Waals surface area contributed by atoms with Gasteiger partial charge in [-0.05, 0) is 36.1 Å². The third-order valence-corrected chi connectivity index (χ3v) is 5.05. The van der Waals surface area contributed by atoms with Crippen LogP contribution in [0.1, 0.15) is 34.3 Å². The molecular formula is C23H25N3O3. The van der Waals surface area contributed by atoms with Crippen molar-refractivity contribution in [3.63, 3.8) is 0 Å². The molecule has 4 rings (SSSR count). The quantitative estimate of drug-likeness (QED) is 0.639. The van der Waals surface area contributed by atoms with Crippen LogP contribution in [0.4, 0.5) is 0 Å². The molecule has 6 heteroatoms. The summed E-state index contributed by atoms with van der Waals surface area (Å²) in [5.41, 5.74) is 2.76. The minimum atomic E-state index is -0.148. The minimum Gasteiger partial charge on any atom is -0.490 e. The molecule has 1 amide bonds. The van der Waals surface area contributed by atoms with Crippen LogP contribution in [-0.2, 0) is 17.8 Å². The van der Waals surface area contributed by atoms with E-state index in [1.165, 1.54) is 0 Å². The van der Waals surface area contributed by atoms with Gasteiger partial charge in [0.05, 0.1) is 18.0 Å². The predicted octanol–water partition coefficient (Wildman–Crippen LogP) is 3.42. The van der Waals surface area contributed by atoms with E-state index in [9.17, 15) is 4.79 Å². The Kier molecular flexibility index (Phi) is 6.22. The van der Waals surface area contributed by atoms with Crippen LogP contribution in [0.15, 0.2) is 67.3 Å². The van der Waals surface area contributed by atoms with E-state index in [-0.39, 0.29) is 12.0 Å². The SMILES string of the molecule is O=C(NCc1ccccc1Cn1ccnc1)c1ccccc1OC[C@H]1CCCO1. The number of nitrogens with zero attached hydrogens (tertiary/aromatic N) is 2. The summed E-state index contributed by atoms with van der Waals surface area (Å²) in [6, 6.07) is 15.4. The van der Waals surface area contributed by atoms with E-state index < -0.39 is 0 Å². The first-order chi connectivity index (χ1) is 14.3. The summed E-state index contributed by atoms with van der Waals surface area (Å²) in [5.74, 6) is 0.442. The van der Waals surface area contributed by atoms with Gasteiger partial charge in [-0.1, -0.05) is 36.4 Å². The summed E-state index contributed by atoms with van der Waals surface area (Å²) in [6.45, 7) is 2.42. The van der Waals surface area contributed by atoms with Crippen molar-refractivity contribution in [1.29, 1.82) is 0 Å². The number of aromatic nitrogens is 2. The fourth-order valence-corrected chi connectivity index (χ4v) is 3.47. The van der Waals surface area contributed by atoms with E-state index in [0.717, 1.165) is 30.6 Å². The maximum absolute atomic E-state index is 12.8. The number of amides is 1. The Morgan fingerprint density at radius 3 is 2.79 bits per heavy atom. The highest BCUT2D eigenvalue weighted by Gasteiger charge is 2.18. The third-order valence-electron chi connectivity index (χ3n) is 5.05. The first-order valence-electron chi connectivity index (χ1n) is 9.94. The molecule has 0 spiro atoms. The summed E-state index contributed by atoms with van der Waals surface area (Å²) in [7, 11) is 0. The summed E-state index contributed by atoms with van der Waals surface area (Å²) >= 11 is 0. The Morgan fingerprint density at radius 1 is 1.17 bits per heavy atom. The highest BCUT2D eigenvalue weighted by molar-refractivity contribution is 5.96. The van der Waals surface area contributed by atoms with Gasteiger partial charge in [-0.3, -0.25) is 4.79 Å². The van der Waals surface area contributed by atoms with Gasteiger partial charge in [0.25, 0.3) is 5.91 Å². The number of carbonyl (C=O) groups excluding carboxylic acids is 1. The number of carbonyl (C=O) groups is 1. The Bertz CT molecular complexity index is 934. The molecule has 1 saturated heterocycles. The molecule has 2 aromatic carbocycles. The van der Waals surface area contributed by atoms with E-state index >= 15 is 0 Å². The zero-order valence-corrected chi connectivity index (χ0v) is 16.3. The second-order valence-corrected chi connectivity index (χ2v) is 7.13. The second kappa shape index (κ2) is 9.39. The van der Waals surface area contributed by atoms with E-state index in [1.807, 2.05) is 47.2 Å². The maximum atomic E-state index is 12.8. The first-order valence-corrected chi connectivity index (χ1v) is 9.94. The normalized spacial score (nSPS) is 15.9. The Hall–Kier alpha value is -3.12. The second-order valence-electron chi connectivity index (χ2n) is 7.13. The van der Waals surface area contributed by atoms with Crippen molar-refractivity contribution in [1.82, 2.24) is 14.9 Å². The fraction of sp³-hybridized carbons (Fsp3) is 0.304. The van der Waals surface area contributed by atoms with Crippen LogP contribution in [0.3, 0.4) is 0 Å². The molecule has 0 saturated carbocycles. The summed E-state index contributed by atoms with van der Waals surface area (Å²) in [4.78, 5) is 16.9. The van der Waals surface area contributed by atoms with E-state index in [1.54, 1.807) is 18.6 Å². The van der Waals surface area contributed by atoms with Crippen molar-refractivity contribution in [2.24, 2.45) is 0 Å². The van der Waals surface area contributed by atoms with Crippen LogP contribution in [0, 0.1) is 0 Å². The average molecular weight is 391 g/mol. The van der Waals surface area contributed by atoms with E-state index in [4.69, 9.17) is 9.47 Å². The molecule has 1 atom stereocenters. The van der Waals surface area contributed by atoms with Crippen molar-refractivity contribution in [2.45, 2.75) is 32.0 Å². The Morgan fingerprint density at radius 2 is 2.00 bits per heavy atom. The van der Waals surface area contributed by atoms with Crippen molar-refractivity contribution in [3.8, 4) is 5.75 Å². The monoisotopic (exact) mass is 391 g/mol.